The van der Waals surface area contributed by atoms with Crippen LogP contribution in [0.5, 0.6) is 17.2 Å². The molecule has 0 bridgehead atoms. The summed E-state index contributed by atoms with van der Waals surface area (Å²) in [5, 5.41) is 5.50. The van der Waals surface area contributed by atoms with E-state index in [1.54, 1.807) is 13.2 Å². The third-order valence-electron chi connectivity index (χ3n) is 3.15. The van der Waals surface area contributed by atoms with Crippen LogP contribution >= 0.6 is 0 Å². The average molecular weight is 330 g/mol. The van der Waals surface area contributed by atoms with Crippen LogP contribution in [0.1, 0.15) is 6.92 Å². The van der Waals surface area contributed by atoms with Crippen LogP contribution in [0.3, 0.4) is 0 Å². The Kier molecular flexibility index (Phi) is 6.76. The van der Waals surface area contributed by atoms with E-state index in [1.807, 2.05) is 49.4 Å². The Labute approximate surface area is 141 Å². The second-order valence-electron chi connectivity index (χ2n) is 4.81. The fraction of sp³-hybridized carbons (Fsp3) is 0.278. The molecule has 128 valence electrons. The van der Waals surface area contributed by atoms with Crippen molar-refractivity contribution < 1.29 is 19.0 Å². The van der Waals surface area contributed by atoms with Crippen LogP contribution in [0.2, 0.25) is 0 Å². The standard InChI is InChI=1S/C18H22N2O4/c1-3-23-15-9-5-4-8-14(15)20-18(21)19-12-13-24-17-11-7-6-10-16(17)22-2/h4-11H,3,12-13H2,1-2H3,(H2,19,20,21). The molecule has 0 radical (unpaired) electrons. The summed E-state index contributed by atoms with van der Waals surface area (Å²) in [6.45, 7) is 3.13. The molecule has 0 saturated heterocycles. The van der Waals surface area contributed by atoms with Gasteiger partial charge in [-0.1, -0.05) is 24.3 Å². The molecule has 2 rings (SSSR count). The largest absolute Gasteiger partial charge is 0.493 e. The molecular formula is C18H22N2O4. The molecule has 0 aliphatic heterocycles. The second-order valence-corrected chi connectivity index (χ2v) is 4.81. The molecule has 2 N–H and O–H groups in total. The predicted octanol–water partition coefficient (Wildman–Crippen LogP) is 3.29. The fourth-order valence-corrected chi connectivity index (χ4v) is 2.08. The van der Waals surface area contributed by atoms with E-state index in [0.29, 0.717) is 42.7 Å². The maximum Gasteiger partial charge on any atom is 0.319 e. The first-order valence-electron chi connectivity index (χ1n) is 7.77. The van der Waals surface area contributed by atoms with Gasteiger partial charge in [-0.2, -0.15) is 0 Å². The summed E-state index contributed by atoms with van der Waals surface area (Å²) in [7, 11) is 1.59. The van der Waals surface area contributed by atoms with Crippen molar-refractivity contribution in [3.05, 3.63) is 48.5 Å². The number of nitrogens with one attached hydrogen (secondary N) is 2. The lowest BCUT2D eigenvalue weighted by atomic mass is 10.3. The molecule has 0 atom stereocenters. The van der Waals surface area contributed by atoms with Gasteiger partial charge in [0.05, 0.1) is 25.9 Å². The number of carbonyl (C=O) groups is 1. The number of methoxy groups -OCH3 is 1. The lowest BCUT2D eigenvalue weighted by Gasteiger charge is -2.13. The summed E-state index contributed by atoms with van der Waals surface area (Å²) in [5.41, 5.74) is 0.627. The summed E-state index contributed by atoms with van der Waals surface area (Å²) in [4.78, 5) is 11.9. The van der Waals surface area contributed by atoms with Crippen molar-refractivity contribution in [2.75, 3.05) is 32.2 Å². The average Bonchev–Trinajstić information content (AvgIpc) is 2.61. The Hall–Kier alpha value is -2.89. The van der Waals surface area contributed by atoms with Crippen LogP contribution in [0.4, 0.5) is 10.5 Å². The molecule has 0 heterocycles. The lowest BCUT2D eigenvalue weighted by molar-refractivity contribution is 0.246. The first kappa shape index (κ1) is 17.5. The van der Waals surface area contributed by atoms with Crippen molar-refractivity contribution in [1.29, 1.82) is 0 Å². The highest BCUT2D eigenvalue weighted by molar-refractivity contribution is 5.90. The Bertz CT molecular complexity index is 661. The SMILES string of the molecule is CCOc1ccccc1NC(=O)NCCOc1ccccc1OC. The van der Waals surface area contributed by atoms with Gasteiger partial charge in [0.25, 0.3) is 0 Å². The van der Waals surface area contributed by atoms with Crippen molar-refractivity contribution in [3.63, 3.8) is 0 Å². The molecule has 0 saturated carbocycles. The third-order valence-corrected chi connectivity index (χ3v) is 3.15. The quantitative estimate of drug-likeness (QED) is 0.729. The van der Waals surface area contributed by atoms with Crippen molar-refractivity contribution >= 4 is 11.7 Å². The van der Waals surface area contributed by atoms with Crippen LogP contribution < -0.4 is 24.8 Å². The second kappa shape index (κ2) is 9.29. The Balaban J connectivity index is 1.78. The van der Waals surface area contributed by atoms with Gasteiger partial charge >= 0.3 is 6.03 Å². The van der Waals surface area contributed by atoms with Gasteiger partial charge in [0.2, 0.25) is 0 Å². The number of hydrogen-bond acceptors (Lipinski definition) is 4. The van der Waals surface area contributed by atoms with E-state index < -0.39 is 0 Å². The molecule has 2 aromatic carbocycles. The van der Waals surface area contributed by atoms with E-state index in [-0.39, 0.29) is 6.03 Å². The summed E-state index contributed by atoms with van der Waals surface area (Å²) in [6.07, 6.45) is 0. The number of carbonyl (C=O) groups excluding carboxylic acids is 1. The number of para-hydroxylation sites is 4. The van der Waals surface area contributed by atoms with Crippen LogP contribution in [0.25, 0.3) is 0 Å². The Morgan fingerprint density at radius 3 is 2.33 bits per heavy atom. The van der Waals surface area contributed by atoms with Crippen molar-refractivity contribution in [1.82, 2.24) is 5.32 Å². The molecule has 24 heavy (non-hydrogen) atoms. The van der Waals surface area contributed by atoms with Gasteiger partial charge in [0, 0.05) is 0 Å². The van der Waals surface area contributed by atoms with Crippen LogP contribution in [0, 0.1) is 0 Å². The third kappa shape index (κ3) is 5.08. The molecular weight excluding hydrogens is 308 g/mol. The number of urea groups is 1. The number of benzene rings is 2. The van der Waals surface area contributed by atoms with Crippen molar-refractivity contribution in [3.8, 4) is 17.2 Å². The molecule has 2 amide bonds. The molecule has 0 spiro atoms. The monoisotopic (exact) mass is 330 g/mol. The number of ether oxygens (including phenoxy) is 3. The van der Waals surface area contributed by atoms with Gasteiger partial charge in [-0.05, 0) is 31.2 Å². The Morgan fingerprint density at radius 2 is 1.62 bits per heavy atom. The van der Waals surface area contributed by atoms with Gasteiger partial charge in [0.1, 0.15) is 12.4 Å². The van der Waals surface area contributed by atoms with Crippen LogP contribution in [-0.4, -0.2) is 32.9 Å². The number of rotatable bonds is 8. The zero-order valence-corrected chi connectivity index (χ0v) is 13.9. The van der Waals surface area contributed by atoms with E-state index in [1.165, 1.54) is 0 Å². The molecule has 6 heteroatoms. The molecule has 0 aliphatic carbocycles. The molecule has 0 aromatic heterocycles. The number of hydrogen-bond donors (Lipinski definition) is 2. The maximum atomic E-state index is 11.9. The smallest absolute Gasteiger partial charge is 0.319 e. The van der Waals surface area contributed by atoms with Gasteiger partial charge in [-0.3, -0.25) is 0 Å². The van der Waals surface area contributed by atoms with E-state index in [2.05, 4.69) is 10.6 Å². The molecule has 6 nitrogen and oxygen atoms in total. The fourth-order valence-electron chi connectivity index (χ4n) is 2.08. The Morgan fingerprint density at radius 1 is 0.958 bits per heavy atom. The summed E-state index contributed by atoms with van der Waals surface area (Å²) >= 11 is 0. The van der Waals surface area contributed by atoms with Crippen LogP contribution in [0.15, 0.2) is 48.5 Å². The summed E-state index contributed by atoms with van der Waals surface area (Å²) in [5.74, 6) is 1.94. The first-order chi connectivity index (χ1) is 11.7. The predicted molar refractivity (Wildman–Crippen MR) is 93.1 cm³/mol. The first-order valence-corrected chi connectivity index (χ1v) is 7.77. The van der Waals surface area contributed by atoms with Gasteiger partial charge in [0.15, 0.2) is 11.5 Å². The molecule has 0 fully saturated rings. The highest BCUT2D eigenvalue weighted by Gasteiger charge is 2.07. The number of amides is 2. The molecule has 2 aromatic rings. The van der Waals surface area contributed by atoms with Gasteiger partial charge < -0.3 is 24.8 Å². The zero-order valence-electron chi connectivity index (χ0n) is 13.9. The van der Waals surface area contributed by atoms with E-state index in [0.717, 1.165) is 0 Å². The minimum atomic E-state index is -0.314. The van der Waals surface area contributed by atoms with Gasteiger partial charge in [-0.15, -0.1) is 0 Å². The normalized spacial score (nSPS) is 9.92. The van der Waals surface area contributed by atoms with E-state index in [9.17, 15) is 4.79 Å². The van der Waals surface area contributed by atoms with Crippen LogP contribution in [-0.2, 0) is 0 Å². The molecule has 0 unspecified atom stereocenters. The van der Waals surface area contributed by atoms with Crippen molar-refractivity contribution in [2.24, 2.45) is 0 Å². The van der Waals surface area contributed by atoms with Gasteiger partial charge in [-0.25, -0.2) is 4.79 Å². The minimum Gasteiger partial charge on any atom is -0.493 e. The minimum absolute atomic E-state index is 0.314. The molecule has 0 aliphatic rings. The van der Waals surface area contributed by atoms with E-state index in [4.69, 9.17) is 14.2 Å². The lowest BCUT2D eigenvalue weighted by Crippen LogP contribution is -2.32. The summed E-state index contributed by atoms with van der Waals surface area (Å²) < 4.78 is 16.3. The van der Waals surface area contributed by atoms with Crippen molar-refractivity contribution in [2.45, 2.75) is 6.92 Å². The highest BCUT2D eigenvalue weighted by atomic mass is 16.5. The highest BCUT2D eigenvalue weighted by Crippen LogP contribution is 2.25. The topological polar surface area (TPSA) is 68.8 Å². The zero-order chi connectivity index (χ0) is 17.2. The van der Waals surface area contributed by atoms with E-state index >= 15 is 0 Å². The number of anilines is 1. The summed E-state index contributed by atoms with van der Waals surface area (Å²) in [6, 6.07) is 14.3. The maximum absolute atomic E-state index is 11.9.